The van der Waals surface area contributed by atoms with Gasteiger partial charge in [-0.25, -0.2) is 0 Å². The van der Waals surface area contributed by atoms with Gasteiger partial charge in [-0.05, 0) is 56.9 Å². The van der Waals surface area contributed by atoms with E-state index < -0.39 is 0 Å². The van der Waals surface area contributed by atoms with Crippen molar-refractivity contribution in [1.82, 2.24) is 5.32 Å². The van der Waals surface area contributed by atoms with Gasteiger partial charge in [0.25, 0.3) is 0 Å². The molecule has 4 rings (SSSR count). The number of halogens is 1. The van der Waals surface area contributed by atoms with Crippen LogP contribution in [0.3, 0.4) is 0 Å². The highest BCUT2D eigenvalue weighted by Crippen LogP contribution is 2.57. The van der Waals surface area contributed by atoms with Crippen LogP contribution in [-0.2, 0) is 0 Å². The predicted molar refractivity (Wildman–Crippen MR) is 63.3 cm³/mol. The highest BCUT2D eigenvalue weighted by atomic mass is 35.5. The van der Waals surface area contributed by atoms with E-state index >= 15 is 0 Å². The van der Waals surface area contributed by atoms with Crippen LogP contribution in [0.25, 0.3) is 0 Å². The summed E-state index contributed by atoms with van der Waals surface area (Å²) in [5.74, 6) is 1.61. The van der Waals surface area contributed by atoms with Crippen molar-refractivity contribution in [3.05, 3.63) is 0 Å². The molecule has 0 heterocycles. The fourth-order valence-electron chi connectivity index (χ4n) is 4.80. The van der Waals surface area contributed by atoms with Crippen LogP contribution in [0.1, 0.15) is 45.4 Å². The molecule has 0 radical (unpaired) electrons. The highest BCUT2D eigenvalue weighted by Gasteiger charge is 2.56. The zero-order valence-electron chi connectivity index (χ0n) is 9.46. The maximum absolute atomic E-state index is 10.5. The molecule has 2 nitrogen and oxygen atoms in total. The predicted octanol–water partition coefficient (Wildman–Crippen LogP) is 2.10. The summed E-state index contributed by atoms with van der Waals surface area (Å²) in [6.45, 7) is 3.23. The van der Waals surface area contributed by atoms with E-state index in [1.807, 2.05) is 0 Å². The maximum Gasteiger partial charge on any atom is 0.0670 e. The monoisotopic (exact) mass is 231 g/mol. The first-order valence-electron chi connectivity index (χ1n) is 6.11. The van der Waals surface area contributed by atoms with Crippen LogP contribution in [0.15, 0.2) is 0 Å². The van der Waals surface area contributed by atoms with Crippen LogP contribution >= 0.6 is 12.4 Å². The van der Waals surface area contributed by atoms with E-state index in [1.54, 1.807) is 0 Å². The third-order valence-corrected chi connectivity index (χ3v) is 4.58. The lowest BCUT2D eigenvalue weighted by Crippen LogP contribution is -2.64. The van der Waals surface area contributed by atoms with Crippen molar-refractivity contribution >= 4 is 12.4 Å². The minimum Gasteiger partial charge on any atom is -0.390 e. The topological polar surface area (TPSA) is 32.3 Å². The molecule has 0 aliphatic heterocycles. The molecule has 0 saturated heterocycles. The lowest BCUT2D eigenvalue weighted by molar-refractivity contribution is -0.141. The molecule has 4 aliphatic rings. The Hall–Kier alpha value is 0.210. The Morgan fingerprint density at radius 3 is 2.27 bits per heavy atom. The number of aliphatic hydroxyl groups is 1. The number of hydrogen-bond acceptors (Lipinski definition) is 2. The molecule has 0 spiro atoms. The molecule has 0 aromatic carbocycles. The van der Waals surface area contributed by atoms with E-state index in [-0.39, 0.29) is 18.0 Å². The molecule has 4 aliphatic carbocycles. The molecule has 2 N–H and O–H groups in total. The van der Waals surface area contributed by atoms with E-state index in [2.05, 4.69) is 12.2 Å². The standard InChI is InChI=1S/C12H21NO.ClH/c1-2-13-11-4-9-3-10(5-11)7-12(14,6-9)8-11;/h9-10,13-14H,2-8H2,1H3;1H. The minimum atomic E-state index is -0.299. The molecule has 0 amide bonds. The molecule has 3 heteroatoms. The second-order valence-electron chi connectivity index (χ2n) is 6.00. The van der Waals surface area contributed by atoms with Crippen molar-refractivity contribution in [3.63, 3.8) is 0 Å². The van der Waals surface area contributed by atoms with Crippen molar-refractivity contribution in [2.45, 2.75) is 56.6 Å². The quantitative estimate of drug-likeness (QED) is 0.763. The number of rotatable bonds is 2. The van der Waals surface area contributed by atoms with Crippen molar-refractivity contribution in [1.29, 1.82) is 0 Å². The van der Waals surface area contributed by atoms with Crippen LogP contribution in [0, 0.1) is 11.8 Å². The van der Waals surface area contributed by atoms with Gasteiger partial charge in [0, 0.05) is 5.54 Å². The molecule has 88 valence electrons. The Morgan fingerprint density at radius 1 is 1.20 bits per heavy atom. The van der Waals surface area contributed by atoms with Crippen LogP contribution in [-0.4, -0.2) is 22.8 Å². The fourth-order valence-corrected chi connectivity index (χ4v) is 4.80. The lowest BCUT2D eigenvalue weighted by atomic mass is 9.51. The van der Waals surface area contributed by atoms with Gasteiger partial charge in [-0.2, -0.15) is 0 Å². The molecule has 4 bridgehead atoms. The third-order valence-electron chi connectivity index (χ3n) is 4.58. The van der Waals surface area contributed by atoms with E-state index in [0.717, 1.165) is 37.6 Å². The number of hydrogen-bond donors (Lipinski definition) is 2. The Balaban J connectivity index is 0.000000853. The summed E-state index contributed by atoms with van der Waals surface area (Å²) in [6.07, 6.45) is 7.20. The van der Waals surface area contributed by atoms with E-state index in [0.29, 0.717) is 5.54 Å². The van der Waals surface area contributed by atoms with Gasteiger partial charge in [-0.3, -0.25) is 0 Å². The molecule has 0 aromatic rings. The first kappa shape index (κ1) is 11.7. The second kappa shape index (κ2) is 3.61. The Kier molecular flexibility index (Phi) is 2.81. The molecular formula is C12H22ClNO. The molecule has 2 unspecified atom stereocenters. The SMILES string of the molecule is CCNC12CC3CC(CC(O)(C3)C1)C2.Cl. The van der Waals surface area contributed by atoms with Crippen LogP contribution < -0.4 is 5.32 Å². The third kappa shape index (κ3) is 1.81. The normalized spacial score (nSPS) is 51.6. The van der Waals surface area contributed by atoms with Gasteiger partial charge in [0.05, 0.1) is 5.60 Å². The van der Waals surface area contributed by atoms with Gasteiger partial charge in [0.1, 0.15) is 0 Å². The summed E-state index contributed by atoms with van der Waals surface area (Å²) in [5.41, 5.74) is 0.0137. The maximum atomic E-state index is 10.5. The van der Waals surface area contributed by atoms with Crippen LogP contribution in [0.4, 0.5) is 0 Å². The zero-order chi connectivity index (χ0) is 9.81. The Morgan fingerprint density at radius 2 is 1.80 bits per heavy atom. The Labute approximate surface area is 98.2 Å². The van der Waals surface area contributed by atoms with Gasteiger partial charge in [0.15, 0.2) is 0 Å². The summed E-state index contributed by atoms with van der Waals surface area (Å²) in [7, 11) is 0. The average molecular weight is 232 g/mol. The van der Waals surface area contributed by atoms with Crippen molar-refractivity contribution in [3.8, 4) is 0 Å². The first-order valence-corrected chi connectivity index (χ1v) is 6.11. The average Bonchev–Trinajstić information content (AvgIpc) is 1.97. The summed E-state index contributed by atoms with van der Waals surface area (Å²) < 4.78 is 0. The molecule has 0 aromatic heterocycles. The molecular weight excluding hydrogens is 210 g/mol. The largest absolute Gasteiger partial charge is 0.390 e. The van der Waals surface area contributed by atoms with Crippen LogP contribution in [0.5, 0.6) is 0 Å². The molecule has 2 atom stereocenters. The first-order chi connectivity index (χ1) is 6.63. The van der Waals surface area contributed by atoms with Gasteiger partial charge < -0.3 is 10.4 Å². The number of nitrogens with one attached hydrogen (secondary N) is 1. The molecule has 4 fully saturated rings. The van der Waals surface area contributed by atoms with Gasteiger partial charge >= 0.3 is 0 Å². The summed E-state index contributed by atoms with van der Waals surface area (Å²) >= 11 is 0. The Bertz CT molecular complexity index is 242. The smallest absolute Gasteiger partial charge is 0.0670 e. The summed E-state index contributed by atoms with van der Waals surface area (Å²) in [6, 6.07) is 0. The fraction of sp³-hybridized carbons (Fsp3) is 1.00. The van der Waals surface area contributed by atoms with E-state index in [4.69, 9.17) is 0 Å². The van der Waals surface area contributed by atoms with Gasteiger partial charge in [-0.15, -0.1) is 12.4 Å². The van der Waals surface area contributed by atoms with E-state index in [1.165, 1.54) is 19.3 Å². The summed E-state index contributed by atoms with van der Waals surface area (Å²) in [4.78, 5) is 0. The van der Waals surface area contributed by atoms with Gasteiger partial charge in [0.2, 0.25) is 0 Å². The van der Waals surface area contributed by atoms with Crippen molar-refractivity contribution in [2.75, 3.05) is 6.54 Å². The van der Waals surface area contributed by atoms with Crippen molar-refractivity contribution < 1.29 is 5.11 Å². The minimum absolute atomic E-state index is 0. The lowest BCUT2D eigenvalue weighted by Gasteiger charge is -2.60. The van der Waals surface area contributed by atoms with Crippen molar-refractivity contribution in [2.24, 2.45) is 11.8 Å². The molecule has 4 saturated carbocycles. The second-order valence-corrected chi connectivity index (χ2v) is 6.00. The molecule has 15 heavy (non-hydrogen) atoms. The van der Waals surface area contributed by atoms with E-state index in [9.17, 15) is 5.11 Å². The van der Waals surface area contributed by atoms with Crippen LogP contribution in [0.2, 0.25) is 0 Å². The summed E-state index contributed by atoms with van der Waals surface area (Å²) in [5, 5.41) is 14.1. The van der Waals surface area contributed by atoms with Gasteiger partial charge in [-0.1, -0.05) is 6.92 Å². The zero-order valence-corrected chi connectivity index (χ0v) is 10.3. The highest BCUT2D eigenvalue weighted by molar-refractivity contribution is 5.85.